The van der Waals surface area contributed by atoms with Gasteiger partial charge in [-0.1, -0.05) is 94.8 Å². The van der Waals surface area contributed by atoms with Crippen molar-refractivity contribution >= 4 is 26.9 Å². The number of para-hydroxylation sites is 1. The van der Waals surface area contributed by atoms with Gasteiger partial charge in [-0.15, -0.1) is 0 Å². The molecule has 0 saturated carbocycles. The first-order chi connectivity index (χ1) is 14.3. The van der Waals surface area contributed by atoms with Crippen LogP contribution < -0.4 is 0 Å². The van der Waals surface area contributed by atoms with Gasteiger partial charge in [0.05, 0.1) is 5.41 Å². The Hall–Kier alpha value is -3.10. The Bertz CT molecular complexity index is 1480. The van der Waals surface area contributed by atoms with Gasteiger partial charge in [-0.25, -0.2) is 0 Å². The van der Waals surface area contributed by atoms with Gasteiger partial charge < -0.3 is 4.42 Å². The lowest BCUT2D eigenvalue weighted by Crippen LogP contribution is -2.25. The number of hydrogen-bond donors (Lipinski definition) is 0. The van der Waals surface area contributed by atoms with Crippen LogP contribution in [0.3, 0.4) is 0 Å². The number of fused-ring (bicyclic) bond motifs is 12. The molecule has 29 heavy (non-hydrogen) atoms. The lowest BCUT2D eigenvalue weighted by Gasteiger charge is -2.29. The van der Waals surface area contributed by atoms with Crippen LogP contribution in [0.4, 0.5) is 0 Å². The van der Waals surface area contributed by atoms with Crippen LogP contribution in [-0.4, -0.2) is 0 Å². The molecule has 2 heteroatoms. The fourth-order valence-corrected chi connectivity index (χ4v) is 6.17. The molecule has 0 fully saturated rings. The van der Waals surface area contributed by atoms with Gasteiger partial charge in [0.15, 0.2) is 0 Å². The molecule has 1 spiro atoms. The van der Waals surface area contributed by atoms with Crippen molar-refractivity contribution in [3.63, 3.8) is 0 Å². The minimum atomic E-state index is -0.353. The summed E-state index contributed by atoms with van der Waals surface area (Å²) in [5.74, 6) is 1.00. The van der Waals surface area contributed by atoms with Crippen molar-refractivity contribution in [1.29, 1.82) is 0 Å². The monoisotopic (exact) mass is 434 g/mol. The second kappa shape index (κ2) is 5.28. The van der Waals surface area contributed by atoms with Gasteiger partial charge in [-0.3, -0.25) is 0 Å². The maximum absolute atomic E-state index is 6.47. The number of rotatable bonds is 0. The molecule has 4 aromatic carbocycles. The molecule has 0 N–H and O–H groups in total. The van der Waals surface area contributed by atoms with Gasteiger partial charge >= 0.3 is 0 Å². The van der Waals surface area contributed by atoms with Crippen molar-refractivity contribution in [2.75, 3.05) is 0 Å². The van der Waals surface area contributed by atoms with Crippen LogP contribution in [0.25, 0.3) is 33.4 Å². The number of furan rings is 1. The summed E-state index contributed by atoms with van der Waals surface area (Å²) in [6.07, 6.45) is 0. The molecule has 2 aliphatic carbocycles. The summed E-state index contributed by atoms with van der Waals surface area (Å²) in [7, 11) is 0. The highest BCUT2D eigenvalue weighted by atomic mass is 79.9. The highest BCUT2D eigenvalue weighted by Crippen LogP contribution is 2.65. The van der Waals surface area contributed by atoms with Gasteiger partial charge in [0.2, 0.25) is 0 Å². The molecule has 1 atom stereocenters. The van der Waals surface area contributed by atoms with Crippen LogP contribution in [0, 0.1) is 0 Å². The van der Waals surface area contributed by atoms with E-state index in [0.29, 0.717) is 0 Å². The Balaban J connectivity index is 1.78. The summed E-state index contributed by atoms with van der Waals surface area (Å²) in [5, 5.41) is 1.20. The van der Waals surface area contributed by atoms with E-state index < -0.39 is 0 Å². The minimum Gasteiger partial charge on any atom is -0.456 e. The molecule has 1 nitrogen and oxygen atoms in total. The van der Waals surface area contributed by atoms with E-state index in [1.807, 2.05) is 6.07 Å². The van der Waals surface area contributed by atoms with E-state index in [1.54, 1.807) is 0 Å². The Morgan fingerprint density at radius 1 is 0.621 bits per heavy atom. The van der Waals surface area contributed by atoms with E-state index in [4.69, 9.17) is 4.42 Å². The lowest BCUT2D eigenvalue weighted by atomic mass is 9.70. The Morgan fingerprint density at radius 2 is 1.28 bits per heavy atom. The first kappa shape index (κ1) is 15.8. The van der Waals surface area contributed by atoms with Crippen molar-refractivity contribution in [3.8, 4) is 22.5 Å². The molecule has 1 heterocycles. The molecular formula is C27H15BrO. The van der Waals surface area contributed by atoms with Gasteiger partial charge in [-0.2, -0.15) is 0 Å². The van der Waals surface area contributed by atoms with Crippen molar-refractivity contribution < 1.29 is 4.42 Å². The van der Waals surface area contributed by atoms with Crippen LogP contribution >= 0.6 is 15.9 Å². The minimum absolute atomic E-state index is 0.353. The maximum Gasteiger partial charge on any atom is 0.140 e. The third kappa shape index (κ3) is 1.69. The van der Waals surface area contributed by atoms with Crippen molar-refractivity contribution in [2.24, 2.45) is 0 Å². The van der Waals surface area contributed by atoms with Gasteiger partial charge in [0.25, 0.3) is 0 Å². The average molecular weight is 435 g/mol. The lowest BCUT2D eigenvalue weighted by molar-refractivity contribution is 0.628. The SMILES string of the molecule is Brc1cccc2c1-c1ccccc1C21c2ccccc2-c2oc3ccccc3c21. The number of halogens is 1. The zero-order valence-corrected chi connectivity index (χ0v) is 17.0. The molecule has 0 aliphatic heterocycles. The second-order valence-corrected chi connectivity index (χ2v) is 8.66. The molecule has 136 valence electrons. The summed E-state index contributed by atoms with van der Waals surface area (Å²) in [4.78, 5) is 0. The van der Waals surface area contributed by atoms with Crippen LogP contribution in [0.15, 0.2) is 99.9 Å². The molecule has 5 aromatic rings. The summed E-state index contributed by atoms with van der Waals surface area (Å²) in [6, 6.07) is 32.6. The highest BCUT2D eigenvalue weighted by molar-refractivity contribution is 9.10. The molecule has 1 unspecified atom stereocenters. The fourth-order valence-electron chi connectivity index (χ4n) is 5.59. The van der Waals surface area contributed by atoms with E-state index in [-0.39, 0.29) is 5.41 Å². The van der Waals surface area contributed by atoms with Crippen LogP contribution in [0.2, 0.25) is 0 Å². The number of hydrogen-bond acceptors (Lipinski definition) is 1. The molecule has 2 aliphatic rings. The largest absolute Gasteiger partial charge is 0.456 e. The average Bonchev–Trinajstić information content (AvgIpc) is 3.37. The van der Waals surface area contributed by atoms with Crippen molar-refractivity contribution in [3.05, 3.63) is 118 Å². The van der Waals surface area contributed by atoms with Crippen molar-refractivity contribution in [1.82, 2.24) is 0 Å². The van der Waals surface area contributed by atoms with E-state index in [2.05, 4.69) is 101 Å². The van der Waals surface area contributed by atoms with Crippen LogP contribution in [0.1, 0.15) is 22.3 Å². The maximum atomic E-state index is 6.47. The van der Waals surface area contributed by atoms with Gasteiger partial charge in [0.1, 0.15) is 11.3 Å². The van der Waals surface area contributed by atoms with Crippen LogP contribution in [-0.2, 0) is 5.41 Å². The summed E-state index contributed by atoms with van der Waals surface area (Å²) < 4.78 is 7.61. The summed E-state index contributed by atoms with van der Waals surface area (Å²) in [6.45, 7) is 0. The Morgan fingerprint density at radius 3 is 2.14 bits per heavy atom. The summed E-state index contributed by atoms with van der Waals surface area (Å²) >= 11 is 3.84. The molecule has 0 radical (unpaired) electrons. The molecule has 7 rings (SSSR count). The molecule has 1 aromatic heterocycles. The van der Waals surface area contributed by atoms with E-state index >= 15 is 0 Å². The first-order valence-electron chi connectivity index (χ1n) is 9.82. The van der Waals surface area contributed by atoms with Gasteiger partial charge in [0, 0.05) is 26.5 Å². The Labute approximate surface area is 176 Å². The van der Waals surface area contributed by atoms with Gasteiger partial charge in [-0.05, 0) is 34.4 Å². The van der Waals surface area contributed by atoms with Crippen LogP contribution in [0.5, 0.6) is 0 Å². The third-order valence-corrected chi connectivity index (χ3v) is 7.23. The normalized spacial score (nSPS) is 18.0. The quantitative estimate of drug-likeness (QED) is 0.240. The predicted octanol–water partition coefficient (Wildman–Crippen LogP) is 7.54. The zero-order chi connectivity index (χ0) is 19.2. The molecular weight excluding hydrogens is 420 g/mol. The molecule has 0 bridgehead atoms. The standard InChI is InChI=1S/C27H15BrO/c28-22-14-7-13-21-24(22)16-8-1-4-11-19(16)27(21)20-12-5-2-9-17(20)26-25(27)18-10-3-6-15-23(18)29-26/h1-15H. The third-order valence-electron chi connectivity index (χ3n) is 6.56. The van der Waals surface area contributed by atoms with E-state index in [9.17, 15) is 0 Å². The molecule has 0 saturated heterocycles. The zero-order valence-electron chi connectivity index (χ0n) is 15.4. The van der Waals surface area contributed by atoms with E-state index in [0.717, 1.165) is 15.8 Å². The van der Waals surface area contributed by atoms with E-state index in [1.165, 1.54) is 44.3 Å². The topological polar surface area (TPSA) is 13.1 Å². The van der Waals surface area contributed by atoms with Crippen molar-refractivity contribution in [2.45, 2.75) is 5.41 Å². The predicted molar refractivity (Wildman–Crippen MR) is 120 cm³/mol. The summed E-state index contributed by atoms with van der Waals surface area (Å²) in [5.41, 5.74) is 9.62. The second-order valence-electron chi connectivity index (χ2n) is 7.81. The first-order valence-corrected chi connectivity index (χ1v) is 10.6. The molecule has 0 amide bonds. The number of benzene rings is 4. The highest BCUT2D eigenvalue weighted by Gasteiger charge is 2.54. The Kier molecular flexibility index (Phi) is 2.87. The fraction of sp³-hybridized carbons (Fsp3) is 0.0370. The smallest absolute Gasteiger partial charge is 0.140 e.